The number of nitrogens with zero attached hydrogens (tertiary/aromatic N) is 1. The van der Waals surface area contributed by atoms with Gasteiger partial charge in [0, 0.05) is 21.3 Å². The number of amides is 1. The van der Waals surface area contributed by atoms with Gasteiger partial charge in [-0.05, 0) is 72.2 Å². The van der Waals surface area contributed by atoms with Crippen LogP contribution < -0.4 is 10.6 Å². The van der Waals surface area contributed by atoms with Crippen LogP contribution in [0.1, 0.15) is 35.7 Å². The molecule has 5 nitrogen and oxygen atoms in total. The van der Waals surface area contributed by atoms with Crippen LogP contribution in [0.25, 0.3) is 22.6 Å². The molecule has 0 saturated carbocycles. The number of anilines is 1. The first-order chi connectivity index (χ1) is 14.9. The molecule has 2 N–H and O–H groups in total. The lowest BCUT2D eigenvalue weighted by Crippen LogP contribution is -2.34. The Morgan fingerprint density at radius 1 is 1.06 bits per heavy atom. The van der Waals surface area contributed by atoms with Crippen LogP contribution in [0.3, 0.4) is 0 Å². The van der Waals surface area contributed by atoms with Crippen molar-refractivity contribution in [2.45, 2.75) is 19.8 Å². The highest BCUT2D eigenvalue weighted by Gasteiger charge is 2.12. The third-order valence-electron chi connectivity index (χ3n) is 4.76. The molecule has 0 unspecified atom stereocenters. The molecular formula is C24H20BrN3O2S. The summed E-state index contributed by atoms with van der Waals surface area (Å²) in [5.74, 6) is 0.670. The van der Waals surface area contributed by atoms with Crippen molar-refractivity contribution in [3.05, 3.63) is 82.3 Å². The lowest BCUT2D eigenvalue weighted by Gasteiger charge is -2.10. The van der Waals surface area contributed by atoms with E-state index < -0.39 is 0 Å². The van der Waals surface area contributed by atoms with Crippen LogP contribution in [0.15, 0.2) is 75.6 Å². The van der Waals surface area contributed by atoms with E-state index in [0.29, 0.717) is 17.4 Å². The summed E-state index contributed by atoms with van der Waals surface area (Å²) in [5.41, 5.74) is 4.84. The summed E-state index contributed by atoms with van der Waals surface area (Å²) < 4.78 is 6.76. The van der Waals surface area contributed by atoms with Crippen molar-refractivity contribution in [3.63, 3.8) is 0 Å². The molecule has 0 saturated heterocycles. The van der Waals surface area contributed by atoms with Crippen molar-refractivity contribution in [1.29, 1.82) is 0 Å². The maximum atomic E-state index is 12.4. The van der Waals surface area contributed by atoms with E-state index in [1.807, 2.05) is 36.4 Å². The number of hydrogen-bond donors (Lipinski definition) is 2. The van der Waals surface area contributed by atoms with E-state index in [1.165, 1.54) is 5.56 Å². The zero-order chi connectivity index (χ0) is 22.0. The SMILES string of the molecule is CC(C)c1ccc2oc(-c3cccc(NC(=S)NC(=O)c4cccc(Br)c4)c3)nc2c1. The van der Waals surface area contributed by atoms with Gasteiger partial charge < -0.3 is 9.73 Å². The van der Waals surface area contributed by atoms with Gasteiger partial charge in [0.05, 0.1) is 0 Å². The average molecular weight is 494 g/mol. The number of fused-ring (bicyclic) bond motifs is 1. The highest BCUT2D eigenvalue weighted by atomic mass is 79.9. The number of hydrogen-bond acceptors (Lipinski definition) is 4. The molecule has 4 aromatic rings. The van der Waals surface area contributed by atoms with Gasteiger partial charge in [-0.2, -0.15) is 0 Å². The minimum absolute atomic E-state index is 0.210. The number of thiocarbonyl (C=S) groups is 1. The molecule has 0 spiro atoms. The highest BCUT2D eigenvalue weighted by molar-refractivity contribution is 9.10. The lowest BCUT2D eigenvalue weighted by atomic mass is 10.0. The van der Waals surface area contributed by atoms with Crippen molar-refractivity contribution < 1.29 is 9.21 Å². The van der Waals surface area contributed by atoms with Crippen molar-refractivity contribution in [2.24, 2.45) is 0 Å². The zero-order valence-corrected chi connectivity index (χ0v) is 19.4. The van der Waals surface area contributed by atoms with E-state index in [2.05, 4.69) is 57.5 Å². The fourth-order valence-corrected chi connectivity index (χ4v) is 3.73. The molecule has 3 aromatic carbocycles. The Bertz CT molecular complexity index is 1280. The van der Waals surface area contributed by atoms with Gasteiger partial charge in [-0.25, -0.2) is 4.98 Å². The molecule has 0 aliphatic rings. The van der Waals surface area contributed by atoms with E-state index in [-0.39, 0.29) is 11.0 Å². The molecular weight excluding hydrogens is 474 g/mol. The van der Waals surface area contributed by atoms with Gasteiger partial charge in [0.25, 0.3) is 5.91 Å². The standard InChI is InChI=1S/C24H20BrN3O2S/c1-14(2)15-9-10-21-20(13-15)27-23(30-21)17-6-4-8-19(12-17)26-24(31)28-22(29)16-5-3-7-18(25)11-16/h3-14H,1-2H3,(H2,26,28,29,31). The van der Waals surface area contributed by atoms with E-state index in [1.54, 1.807) is 18.2 Å². The number of halogens is 1. The number of carbonyl (C=O) groups is 1. The Balaban J connectivity index is 1.50. The van der Waals surface area contributed by atoms with Gasteiger partial charge in [0.1, 0.15) is 5.52 Å². The quantitative estimate of drug-likeness (QED) is 0.317. The molecule has 1 aromatic heterocycles. The molecule has 0 atom stereocenters. The molecule has 31 heavy (non-hydrogen) atoms. The number of nitrogens with one attached hydrogen (secondary N) is 2. The number of rotatable bonds is 4. The minimum atomic E-state index is -0.283. The van der Waals surface area contributed by atoms with Gasteiger partial charge in [0.2, 0.25) is 5.89 Å². The monoisotopic (exact) mass is 493 g/mol. The third-order valence-corrected chi connectivity index (χ3v) is 5.46. The van der Waals surface area contributed by atoms with E-state index in [0.717, 1.165) is 26.8 Å². The van der Waals surface area contributed by atoms with Crippen LogP contribution in [0.5, 0.6) is 0 Å². The molecule has 0 radical (unpaired) electrons. The van der Waals surface area contributed by atoms with Gasteiger partial charge in [-0.1, -0.05) is 48.0 Å². The second-order valence-corrected chi connectivity index (χ2v) is 8.72. The Morgan fingerprint density at radius 3 is 2.65 bits per heavy atom. The first-order valence-corrected chi connectivity index (χ1v) is 11.0. The first-order valence-electron chi connectivity index (χ1n) is 9.78. The summed E-state index contributed by atoms with van der Waals surface area (Å²) in [5, 5.41) is 5.94. The molecule has 1 heterocycles. The topological polar surface area (TPSA) is 67.2 Å². The molecule has 4 rings (SSSR count). The van der Waals surface area contributed by atoms with Crippen LogP contribution in [0, 0.1) is 0 Å². The van der Waals surface area contributed by atoms with Crippen LogP contribution in [-0.2, 0) is 0 Å². The van der Waals surface area contributed by atoms with Crippen molar-refractivity contribution in [3.8, 4) is 11.5 Å². The Labute approximate surface area is 194 Å². The fourth-order valence-electron chi connectivity index (χ4n) is 3.12. The van der Waals surface area contributed by atoms with E-state index >= 15 is 0 Å². The normalized spacial score (nSPS) is 11.0. The summed E-state index contributed by atoms with van der Waals surface area (Å²) in [4.78, 5) is 17.0. The van der Waals surface area contributed by atoms with Crippen molar-refractivity contribution >= 4 is 56.0 Å². The first kappa shape index (κ1) is 21.2. The maximum Gasteiger partial charge on any atom is 0.257 e. The predicted octanol–water partition coefficient (Wildman–Crippen LogP) is 6.51. The second kappa shape index (κ2) is 8.99. The Morgan fingerprint density at radius 2 is 1.87 bits per heavy atom. The van der Waals surface area contributed by atoms with Crippen molar-refractivity contribution in [2.75, 3.05) is 5.32 Å². The number of carbonyl (C=O) groups excluding carboxylic acids is 1. The minimum Gasteiger partial charge on any atom is -0.436 e. The van der Waals surface area contributed by atoms with Crippen LogP contribution in [-0.4, -0.2) is 16.0 Å². The molecule has 0 fully saturated rings. The number of oxazole rings is 1. The Kier molecular flexibility index (Phi) is 6.15. The smallest absolute Gasteiger partial charge is 0.257 e. The number of benzene rings is 3. The summed E-state index contributed by atoms with van der Waals surface area (Å²) in [6.45, 7) is 4.30. The van der Waals surface area contributed by atoms with Gasteiger partial charge in [0.15, 0.2) is 10.7 Å². The summed E-state index contributed by atoms with van der Waals surface area (Å²) >= 11 is 8.66. The molecule has 0 aliphatic carbocycles. The summed E-state index contributed by atoms with van der Waals surface area (Å²) in [6, 6.07) is 20.7. The Hall–Kier alpha value is -3.03. The van der Waals surface area contributed by atoms with Crippen molar-refractivity contribution in [1.82, 2.24) is 10.3 Å². The molecule has 7 heteroatoms. The van der Waals surface area contributed by atoms with E-state index in [4.69, 9.17) is 16.6 Å². The summed E-state index contributed by atoms with van der Waals surface area (Å²) in [7, 11) is 0. The molecule has 1 amide bonds. The predicted molar refractivity (Wildman–Crippen MR) is 131 cm³/mol. The fraction of sp³-hybridized carbons (Fsp3) is 0.125. The molecule has 156 valence electrons. The number of aromatic nitrogens is 1. The van der Waals surface area contributed by atoms with Crippen LogP contribution >= 0.6 is 28.1 Å². The van der Waals surface area contributed by atoms with E-state index in [9.17, 15) is 4.79 Å². The summed E-state index contributed by atoms with van der Waals surface area (Å²) in [6.07, 6.45) is 0. The third kappa shape index (κ3) is 5.00. The van der Waals surface area contributed by atoms with Gasteiger partial charge in [-0.3, -0.25) is 10.1 Å². The largest absolute Gasteiger partial charge is 0.436 e. The van der Waals surface area contributed by atoms with Gasteiger partial charge >= 0.3 is 0 Å². The zero-order valence-electron chi connectivity index (χ0n) is 17.0. The van der Waals surface area contributed by atoms with Gasteiger partial charge in [-0.15, -0.1) is 0 Å². The molecule has 0 aliphatic heterocycles. The highest BCUT2D eigenvalue weighted by Crippen LogP contribution is 2.28. The molecule has 0 bridgehead atoms. The van der Waals surface area contributed by atoms with Crippen LogP contribution in [0.2, 0.25) is 0 Å². The lowest BCUT2D eigenvalue weighted by molar-refractivity contribution is 0.0977. The van der Waals surface area contributed by atoms with Crippen LogP contribution in [0.4, 0.5) is 5.69 Å². The maximum absolute atomic E-state index is 12.4. The average Bonchev–Trinajstić information content (AvgIpc) is 3.17. The second-order valence-electron chi connectivity index (χ2n) is 7.40.